The molecule has 1 aliphatic rings. The maximum absolute atomic E-state index is 12.4. The smallest absolute Gasteiger partial charge is 0.268 e. The van der Waals surface area contributed by atoms with Gasteiger partial charge in [-0.2, -0.15) is 0 Å². The molecule has 1 aromatic carbocycles. The molecule has 1 aliphatic heterocycles. The third kappa shape index (κ3) is 3.15. The zero-order valence-corrected chi connectivity index (χ0v) is 12.9. The number of para-hydroxylation sites is 2. The number of amides is 2. The summed E-state index contributed by atoms with van der Waals surface area (Å²) < 4.78 is 5.74. The number of fused-ring (bicyclic) bond motifs is 1. The summed E-state index contributed by atoms with van der Waals surface area (Å²) in [7, 11) is 0. The summed E-state index contributed by atoms with van der Waals surface area (Å²) in [5, 5.41) is 2.73. The molecule has 0 unspecified atom stereocenters. The highest BCUT2D eigenvalue weighted by Crippen LogP contribution is 2.33. The van der Waals surface area contributed by atoms with E-state index in [0.29, 0.717) is 17.3 Å². The first-order valence-corrected chi connectivity index (χ1v) is 7.33. The largest absolute Gasteiger partial charge is 0.476 e. The van der Waals surface area contributed by atoms with Crippen LogP contribution in [0.25, 0.3) is 0 Å². The van der Waals surface area contributed by atoms with Gasteiger partial charge in [-0.3, -0.25) is 9.59 Å². The lowest BCUT2D eigenvalue weighted by Crippen LogP contribution is -2.48. The van der Waals surface area contributed by atoms with E-state index in [9.17, 15) is 9.59 Å². The lowest BCUT2D eigenvalue weighted by molar-refractivity contribution is -0.123. The second kappa shape index (κ2) is 6.08. The molecule has 6 heteroatoms. The Labute approximate surface area is 134 Å². The van der Waals surface area contributed by atoms with Gasteiger partial charge in [0.25, 0.3) is 5.91 Å². The maximum atomic E-state index is 12.4. The van der Waals surface area contributed by atoms with Crippen LogP contribution in [0.5, 0.6) is 5.75 Å². The number of pyridine rings is 1. The van der Waals surface area contributed by atoms with E-state index in [0.717, 1.165) is 5.69 Å². The Morgan fingerprint density at radius 2 is 2.00 bits per heavy atom. The van der Waals surface area contributed by atoms with Crippen molar-refractivity contribution in [1.82, 2.24) is 4.98 Å². The van der Waals surface area contributed by atoms with Gasteiger partial charge in [0.15, 0.2) is 6.10 Å². The van der Waals surface area contributed by atoms with Gasteiger partial charge < -0.3 is 15.0 Å². The van der Waals surface area contributed by atoms with Gasteiger partial charge in [0, 0.05) is 12.6 Å². The first-order valence-electron chi connectivity index (χ1n) is 7.33. The molecule has 0 radical (unpaired) electrons. The van der Waals surface area contributed by atoms with E-state index in [4.69, 9.17) is 4.74 Å². The third-order valence-corrected chi connectivity index (χ3v) is 3.59. The van der Waals surface area contributed by atoms with Crippen molar-refractivity contribution >= 4 is 23.3 Å². The van der Waals surface area contributed by atoms with E-state index >= 15 is 0 Å². The second-order valence-electron chi connectivity index (χ2n) is 5.36. The normalized spacial score (nSPS) is 16.3. The number of carbonyl (C=O) groups is 2. The first-order chi connectivity index (χ1) is 11.0. The summed E-state index contributed by atoms with van der Waals surface area (Å²) >= 11 is 0. The Hall–Kier alpha value is -2.89. The molecule has 3 rings (SSSR count). The number of anilines is 2. The van der Waals surface area contributed by atoms with Crippen LogP contribution in [0.15, 0.2) is 42.5 Å². The van der Waals surface area contributed by atoms with Crippen LogP contribution in [0.3, 0.4) is 0 Å². The molecule has 1 N–H and O–H groups in total. The number of hydrogen-bond donors (Lipinski definition) is 1. The van der Waals surface area contributed by atoms with Crippen LogP contribution in [0.4, 0.5) is 11.5 Å². The molecular formula is C17H17N3O3. The van der Waals surface area contributed by atoms with Crippen molar-refractivity contribution in [3.8, 4) is 5.75 Å². The minimum atomic E-state index is -0.781. The fourth-order valence-electron chi connectivity index (χ4n) is 2.49. The number of rotatable bonds is 2. The molecule has 0 fully saturated rings. The number of carbonyl (C=O) groups excluding carboxylic acids is 2. The number of nitrogens with zero attached hydrogens (tertiary/aromatic N) is 2. The average Bonchev–Trinajstić information content (AvgIpc) is 2.53. The van der Waals surface area contributed by atoms with E-state index in [-0.39, 0.29) is 18.4 Å². The van der Waals surface area contributed by atoms with E-state index in [1.165, 1.54) is 6.92 Å². The van der Waals surface area contributed by atoms with Crippen LogP contribution in [0, 0.1) is 6.92 Å². The van der Waals surface area contributed by atoms with Crippen molar-refractivity contribution in [3.05, 3.63) is 48.2 Å². The summed E-state index contributed by atoms with van der Waals surface area (Å²) in [6.45, 7) is 3.49. The Morgan fingerprint density at radius 3 is 2.74 bits per heavy atom. The van der Waals surface area contributed by atoms with E-state index in [1.807, 2.05) is 25.1 Å². The predicted octanol–water partition coefficient (Wildman–Crippen LogP) is 2.14. The fourth-order valence-corrected chi connectivity index (χ4v) is 2.49. The number of aryl methyl sites for hydroxylation is 1. The second-order valence-corrected chi connectivity index (χ2v) is 5.36. The van der Waals surface area contributed by atoms with Crippen LogP contribution >= 0.6 is 0 Å². The molecule has 2 aromatic rings. The molecule has 2 amide bonds. The highest BCUT2D eigenvalue weighted by atomic mass is 16.5. The highest BCUT2D eigenvalue weighted by Gasteiger charge is 2.32. The molecule has 1 atom stereocenters. The van der Waals surface area contributed by atoms with Gasteiger partial charge in [-0.1, -0.05) is 18.2 Å². The summed E-state index contributed by atoms with van der Waals surface area (Å²) in [6, 6.07) is 12.6. The summed E-state index contributed by atoms with van der Waals surface area (Å²) in [4.78, 5) is 30.1. The molecule has 1 aromatic heterocycles. The van der Waals surface area contributed by atoms with Crippen molar-refractivity contribution < 1.29 is 14.3 Å². The molecule has 6 nitrogen and oxygen atoms in total. The van der Waals surface area contributed by atoms with Gasteiger partial charge >= 0.3 is 0 Å². The standard InChI is InChI=1S/C17H17N3O3/c1-11-6-5-9-16(18-11)19-17(22)15-10-20(12(2)21)13-7-3-4-8-14(13)23-15/h3-9,15H,10H2,1-2H3,(H,18,19,22)/t15-/m0/s1. The Bertz CT molecular complexity index is 760. The molecule has 0 saturated heterocycles. The highest BCUT2D eigenvalue weighted by molar-refractivity contribution is 5.99. The van der Waals surface area contributed by atoms with E-state index in [2.05, 4.69) is 10.3 Å². The van der Waals surface area contributed by atoms with Gasteiger partial charge in [-0.05, 0) is 31.2 Å². The molecule has 0 saturated carbocycles. The SMILES string of the molecule is CC(=O)N1C[C@@H](C(=O)Nc2cccc(C)n2)Oc2ccccc21. The topological polar surface area (TPSA) is 71.5 Å². The van der Waals surface area contributed by atoms with Crippen molar-refractivity contribution in [2.24, 2.45) is 0 Å². The molecule has 0 spiro atoms. The monoisotopic (exact) mass is 311 g/mol. The molecule has 0 aliphatic carbocycles. The number of hydrogen-bond acceptors (Lipinski definition) is 4. The van der Waals surface area contributed by atoms with Crippen molar-refractivity contribution in [3.63, 3.8) is 0 Å². The Morgan fingerprint density at radius 1 is 1.22 bits per heavy atom. The van der Waals surface area contributed by atoms with Gasteiger partial charge in [0.2, 0.25) is 5.91 Å². The van der Waals surface area contributed by atoms with Gasteiger partial charge in [-0.25, -0.2) is 4.98 Å². The van der Waals surface area contributed by atoms with Gasteiger partial charge in [-0.15, -0.1) is 0 Å². The first kappa shape index (κ1) is 15.0. The van der Waals surface area contributed by atoms with Gasteiger partial charge in [0.1, 0.15) is 11.6 Å². The average molecular weight is 311 g/mol. The summed E-state index contributed by atoms with van der Waals surface area (Å²) in [5.74, 6) is 0.522. The number of benzene rings is 1. The zero-order valence-electron chi connectivity index (χ0n) is 12.9. The van der Waals surface area contributed by atoms with E-state index in [1.54, 1.807) is 29.2 Å². The summed E-state index contributed by atoms with van der Waals surface area (Å²) in [6.07, 6.45) is -0.781. The molecular weight excluding hydrogens is 294 g/mol. The van der Waals surface area contributed by atoms with Crippen molar-refractivity contribution in [1.29, 1.82) is 0 Å². The lowest BCUT2D eigenvalue weighted by Gasteiger charge is -2.33. The molecule has 2 heterocycles. The number of ether oxygens (including phenoxy) is 1. The third-order valence-electron chi connectivity index (χ3n) is 3.59. The lowest BCUT2D eigenvalue weighted by atomic mass is 10.1. The van der Waals surface area contributed by atoms with Crippen molar-refractivity contribution in [2.75, 3.05) is 16.8 Å². The Kier molecular flexibility index (Phi) is 3.97. The quantitative estimate of drug-likeness (QED) is 0.922. The van der Waals surface area contributed by atoms with E-state index < -0.39 is 6.10 Å². The minimum Gasteiger partial charge on any atom is -0.476 e. The minimum absolute atomic E-state index is 0.132. The van der Waals surface area contributed by atoms with Crippen LogP contribution in [0.1, 0.15) is 12.6 Å². The van der Waals surface area contributed by atoms with Crippen molar-refractivity contribution in [2.45, 2.75) is 20.0 Å². The van der Waals surface area contributed by atoms with Crippen LogP contribution in [0.2, 0.25) is 0 Å². The number of nitrogens with one attached hydrogen (secondary N) is 1. The fraction of sp³-hybridized carbons (Fsp3) is 0.235. The molecule has 118 valence electrons. The predicted molar refractivity (Wildman–Crippen MR) is 86.5 cm³/mol. The zero-order chi connectivity index (χ0) is 16.4. The number of aromatic nitrogens is 1. The molecule has 0 bridgehead atoms. The van der Waals surface area contributed by atoms with Crippen LogP contribution < -0.4 is 15.0 Å². The summed E-state index contributed by atoms with van der Waals surface area (Å²) in [5.41, 5.74) is 1.49. The van der Waals surface area contributed by atoms with Crippen LogP contribution in [-0.4, -0.2) is 29.4 Å². The Balaban J connectivity index is 1.81. The van der Waals surface area contributed by atoms with Gasteiger partial charge in [0.05, 0.1) is 12.2 Å². The maximum Gasteiger partial charge on any atom is 0.268 e. The van der Waals surface area contributed by atoms with Crippen LogP contribution in [-0.2, 0) is 9.59 Å². The molecule has 23 heavy (non-hydrogen) atoms.